The molecule has 8 nitrogen and oxygen atoms in total. The summed E-state index contributed by atoms with van der Waals surface area (Å²) in [5, 5.41) is 13.0. The van der Waals surface area contributed by atoms with Gasteiger partial charge in [0, 0.05) is 44.9 Å². The first-order valence-electron chi connectivity index (χ1n) is 18.1. The number of carbonyl (C=O) groups is 1. The van der Waals surface area contributed by atoms with E-state index in [1.165, 1.54) is 15.9 Å². The first-order chi connectivity index (χ1) is 24.3. The van der Waals surface area contributed by atoms with Gasteiger partial charge in [-0.25, -0.2) is 14.8 Å². The van der Waals surface area contributed by atoms with Crippen LogP contribution in [0.2, 0.25) is 10.3 Å². The molecule has 0 radical (unpaired) electrons. The van der Waals surface area contributed by atoms with E-state index in [0.29, 0.717) is 32.7 Å². The fraction of sp³-hybridized carbons (Fsp3) is 0.439. The highest BCUT2D eigenvalue weighted by Crippen LogP contribution is 2.40. The fourth-order valence-corrected chi connectivity index (χ4v) is 13.2. The van der Waals surface area contributed by atoms with Crippen molar-refractivity contribution in [3.8, 4) is 0 Å². The normalized spacial score (nSPS) is 18.8. The summed E-state index contributed by atoms with van der Waals surface area (Å²) in [7, 11) is -2.81. The Morgan fingerprint density at radius 1 is 0.863 bits per heavy atom. The van der Waals surface area contributed by atoms with Gasteiger partial charge < -0.3 is 19.3 Å². The maximum atomic E-state index is 12.8. The van der Waals surface area contributed by atoms with Gasteiger partial charge in [-0.1, -0.05) is 133 Å². The monoisotopic (exact) mass is 725 g/mol. The summed E-state index contributed by atoms with van der Waals surface area (Å²) in [4.78, 5) is 28.9. The van der Waals surface area contributed by atoms with Crippen molar-refractivity contribution >= 4 is 42.2 Å². The molecule has 0 spiro atoms. The highest BCUT2D eigenvalue weighted by Gasteiger charge is 2.51. The lowest BCUT2D eigenvalue weighted by Crippen LogP contribution is -2.68. The van der Waals surface area contributed by atoms with Crippen LogP contribution in [-0.4, -0.2) is 77.6 Å². The zero-order valence-electron chi connectivity index (χ0n) is 30.8. The number of anilines is 1. The summed E-state index contributed by atoms with van der Waals surface area (Å²) in [6.45, 7) is 17.0. The van der Waals surface area contributed by atoms with Gasteiger partial charge in [-0.15, -0.1) is 0 Å². The van der Waals surface area contributed by atoms with Crippen molar-refractivity contribution in [2.24, 2.45) is 5.41 Å². The van der Waals surface area contributed by atoms with E-state index in [2.05, 4.69) is 136 Å². The molecule has 4 aromatic rings. The van der Waals surface area contributed by atoms with Gasteiger partial charge in [-0.05, 0) is 50.8 Å². The number of carboxylic acid groups (broad SMARTS) is 1. The molecule has 2 unspecified atom stereocenters. The molecule has 3 heterocycles. The molecule has 1 aromatic heterocycles. The molecule has 1 N–H and O–H groups in total. The molecule has 3 aromatic carbocycles. The lowest BCUT2D eigenvalue weighted by atomic mass is 9.78. The van der Waals surface area contributed by atoms with Crippen molar-refractivity contribution < 1.29 is 14.3 Å². The number of piperazine rings is 1. The SMILES string of the molecule is CC(C)(C)C1C(CCO[Si](c2ccccc2)(c2ccccc2)C(C)(C)C)N(c2nc(Cl)nc3c2CCN(Cc2ccccc2)C3)CCN1C(=O)O. The zero-order chi connectivity index (χ0) is 36.4. The van der Waals surface area contributed by atoms with E-state index >= 15 is 0 Å². The Hall–Kier alpha value is -3.76. The van der Waals surface area contributed by atoms with Crippen molar-refractivity contribution in [1.82, 2.24) is 19.8 Å². The number of aromatic nitrogens is 2. The molecule has 0 bridgehead atoms. The summed E-state index contributed by atoms with van der Waals surface area (Å²) in [6.07, 6.45) is 0.512. The van der Waals surface area contributed by atoms with E-state index in [9.17, 15) is 9.90 Å². The van der Waals surface area contributed by atoms with Crippen LogP contribution < -0.4 is 15.3 Å². The van der Waals surface area contributed by atoms with E-state index in [1.807, 2.05) is 6.07 Å². The third-order valence-electron chi connectivity index (χ3n) is 10.6. The smallest absolute Gasteiger partial charge is 0.407 e. The molecule has 0 saturated carbocycles. The summed E-state index contributed by atoms with van der Waals surface area (Å²) < 4.78 is 7.40. The van der Waals surface area contributed by atoms with Crippen molar-refractivity contribution in [3.05, 3.63) is 113 Å². The van der Waals surface area contributed by atoms with Gasteiger partial charge in [-0.3, -0.25) is 4.90 Å². The average Bonchev–Trinajstić information content (AvgIpc) is 3.09. The number of amides is 1. The predicted octanol–water partition coefficient (Wildman–Crippen LogP) is 7.24. The van der Waals surface area contributed by atoms with Crippen LogP contribution in [0, 0.1) is 5.41 Å². The van der Waals surface area contributed by atoms with E-state index in [4.69, 9.17) is 26.0 Å². The minimum absolute atomic E-state index is 0.177. The summed E-state index contributed by atoms with van der Waals surface area (Å²) >= 11 is 6.72. The Morgan fingerprint density at radius 2 is 1.45 bits per heavy atom. The number of halogens is 1. The predicted molar refractivity (Wildman–Crippen MR) is 209 cm³/mol. The quantitative estimate of drug-likeness (QED) is 0.144. The molecule has 2 aliphatic rings. The van der Waals surface area contributed by atoms with Crippen LogP contribution in [0.1, 0.15) is 64.8 Å². The molecule has 1 amide bonds. The highest BCUT2D eigenvalue weighted by atomic mass is 35.5. The van der Waals surface area contributed by atoms with Crippen LogP contribution in [0.4, 0.5) is 10.6 Å². The Morgan fingerprint density at radius 3 is 2.00 bits per heavy atom. The molecule has 1 fully saturated rings. The van der Waals surface area contributed by atoms with Crippen LogP contribution in [0.5, 0.6) is 0 Å². The number of benzene rings is 3. The molecule has 270 valence electrons. The van der Waals surface area contributed by atoms with Crippen LogP contribution in [-0.2, 0) is 23.9 Å². The van der Waals surface area contributed by atoms with Crippen LogP contribution in [0.3, 0.4) is 0 Å². The number of hydrogen-bond acceptors (Lipinski definition) is 6. The molecule has 0 aliphatic carbocycles. The largest absolute Gasteiger partial charge is 0.465 e. The second-order valence-corrected chi connectivity index (χ2v) is 20.7. The minimum Gasteiger partial charge on any atom is -0.465 e. The summed E-state index contributed by atoms with van der Waals surface area (Å²) in [5.74, 6) is 0.832. The van der Waals surface area contributed by atoms with Gasteiger partial charge in [0.25, 0.3) is 8.32 Å². The molecule has 2 aliphatic heterocycles. The third kappa shape index (κ3) is 7.72. The van der Waals surface area contributed by atoms with Gasteiger partial charge in [0.1, 0.15) is 5.82 Å². The maximum Gasteiger partial charge on any atom is 0.407 e. The minimum atomic E-state index is -2.81. The molecular weight excluding hydrogens is 674 g/mol. The van der Waals surface area contributed by atoms with Crippen LogP contribution in [0.15, 0.2) is 91.0 Å². The first kappa shape index (κ1) is 37.0. The van der Waals surface area contributed by atoms with Crippen molar-refractivity contribution in [1.29, 1.82) is 0 Å². The molecule has 6 rings (SSSR count). The van der Waals surface area contributed by atoms with E-state index in [-0.39, 0.29) is 27.8 Å². The number of fused-ring (bicyclic) bond motifs is 1. The van der Waals surface area contributed by atoms with Gasteiger partial charge >= 0.3 is 6.09 Å². The highest BCUT2D eigenvalue weighted by molar-refractivity contribution is 6.99. The van der Waals surface area contributed by atoms with Gasteiger partial charge in [0.15, 0.2) is 0 Å². The Bertz CT molecular complexity index is 1740. The standard InChI is InChI=1S/C41H52ClN5O3Si/c1-40(2,3)36-35(23-27-50-51(41(4,5)6,31-18-12-8-13-19-31)32-20-14-9-15-21-32)46(25-26-47(36)39(48)49)37-33-22-24-45(28-30-16-10-7-11-17-30)29-34(33)43-38(42)44-37/h7-21,35-36H,22-29H2,1-6H3,(H,48,49). The van der Waals surface area contributed by atoms with Crippen LogP contribution in [0.25, 0.3) is 0 Å². The second-order valence-electron chi connectivity index (χ2n) is 16.0. The Kier molecular flexibility index (Phi) is 10.9. The Balaban J connectivity index is 1.37. The Labute approximate surface area is 309 Å². The summed E-state index contributed by atoms with van der Waals surface area (Å²) in [5.41, 5.74) is 2.96. The number of hydrogen-bond donors (Lipinski definition) is 1. The fourth-order valence-electron chi connectivity index (χ4n) is 8.48. The maximum absolute atomic E-state index is 12.8. The summed E-state index contributed by atoms with van der Waals surface area (Å²) in [6, 6.07) is 31.3. The first-order valence-corrected chi connectivity index (χ1v) is 20.4. The molecular formula is C41H52ClN5O3Si. The molecule has 51 heavy (non-hydrogen) atoms. The van der Waals surface area contributed by atoms with Crippen molar-refractivity contribution in [2.75, 3.05) is 31.1 Å². The lowest BCUT2D eigenvalue weighted by molar-refractivity contribution is 0.0466. The van der Waals surface area contributed by atoms with Gasteiger partial charge in [0.2, 0.25) is 5.28 Å². The second kappa shape index (κ2) is 15.1. The molecule has 10 heteroatoms. The number of nitrogens with zero attached hydrogens (tertiary/aromatic N) is 5. The van der Waals surface area contributed by atoms with E-state index < -0.39 is 14.4 Å². The zero-order valence-corrected chi connectivity index (χ0v) is 32.6. The van der Waals surface area contributed by atoms with Crippen molar-refractivity contribution in [2.45, 2.75) is 84.6 Å². The third-order valence-corrected chi connectivity index (χ3v) is 15.8. The topological polar surface area (TPSA) is 82.0 Å². The molecule has 1 saturated heterocycles. The van der Waals surface area contributed by atoms with Crippen molar-refractivity contribution in [3.63, 3.8) is 0 Å². The van der Waals surface area contributed by atoms with Gasteiger partial charge in [0.05, 0.1) is 17.8 Å². The van der Waals surface area contributed by atoms with E-state index in [1.54, 1.807) is 4.90 Å². The molecule has 2 atom stereocenters. The van der Waals surface area contributed by atoms with E-state index in [0.717, 1.165) is 36.6 Å². The van der Waals surface area contributed by atoms with Crippen LogP contribution >= 0.6 is 11.6 Å². The number of rotatable bonds is 9. The van der Waals surface area contributed by atoms with Gasteiger partial charge in [-0.2, -0.15) is 0 Å². The average molecular weight is 726 g/mol. The lowest BCUT2D eigenvalue weighted by Gasteiger charge is -2.53.